The van der Waals surface area contributed by atoms with Gasteiger partial charge < -0.3 is 4.74 Å². The summed E-state index contributed by atoms with van der Waals surface area (Å²) in [7, 11) is 0. The maximum atomic E-state index is 10.6. The molecule has 0 fully saturated rings. The van der Waals surface area contributed by atoms with Crippen LogP contribution in [0.15, 0.2) is 17.6 Å². The highest BCUT2D eigenvalue weighted by molar-refractivity contribution is 5.81. The van der Waals surface area contributed by atoms with Crippen LogP contribution in [0.5, 0.6) is 0 Å². The predicted octanol–water partition coefficient (Wildman–Crippen LogP) is 1.22. The molecule has 0 heterocycles. The van der Waals surface area contributed by atoms with E-state index in [-0.39, 0.29) is 12.6 Å². The van der Waals surface area contributed by atoms with E-state index in [2.05, 4.69) is 11.6 Å². The molecule has 1 atom stereocenters. The molecule has 4 heteroatoms. The fraction of sp³-hybridized carbons (Fsp3) is 0.556. The zero-order valence-electron chi connectivity index (χ0n) is 7.66. The summed E-state index contributed by atoms with van der Waals surface area (Å²) in [5.41, 5.74) is 0. The highest BCUT2D eigenvalue weighted by Gasteiger charge is 2.07. The van der Waals surface area contributed by atoms with Crippen molar-refractivity contribution in [1.29, 1.82) is 0 Å². The Morgan fingerprint density at radius 2 is 2.46 bits per heavy atom. The van der Waals surface area contributed by atoms with Crippen LogP contribution in [0.25, 0.3) is 0 Å². The van der Waals surface area contributed by atoms with Crippen molar-refractivity contribution in [3.8, 4) is 0 Å². The Bertz CT molecular complexity index is 219. The van der Waals surface area contributed by atoms with Gasteiger partial charge in [-0.3, -0.25) is 0 Å². The molecule has 0 aliphatic carbocycles. The average molecular weight is 183 g/mol. The summed E-state index contributed by atoms with van der Waals surface area (Å²) in [6.45, 7) is 5.33. The first kappa shape index (κ1) is 11.6. The number of hydrogen-bond donors (Lipinski definition) is 0. The van der Waals surface area contributed by atoms with Crippen LogP contribution in [-0.2, 0) is 14.3 Å². The van der Waals surface area contributed by atoms with E-state index >= 15 is 0 Å². The Labute approximate surface area is 77.3 Å². The van der Waals surface area contributed by atoms with Gasteiger partial charge in [0.15, 0.2) is 0 Å². The Balaban J connectivity index is 3.87. The van der Waals surface area contributed by atoms with Crippen molar-refractivity contribution < 1.29 is 14.3 Å². The summed E-state index contributed by atoms with van der Waals surface area (Å²) in [6.07, 6.45) is 4.11. The Kier molecular flexibility index (Phi) is 6.46. The van der Waals surface area contributed by atoms with E-state index in [1.54, 1.807) is 0 Å². The van der Waals surface area contributed by atoms with Gasteiger partial charge in [0.25, 0.3) is 0 Å². The van der Waals surface area contributed by atoms with Crippen molar-refractivity contribution in [2.75, 3.05) is 6.61 Å². The summed E-state index contributed by atoms with van der Waals surface area (Å²) in [4.78, 5) is 24.1. The molecule has 13 heavy (non-hydrogen) atoms. The molecule has 0 N–H and O–H groups in total. The van der Waals surface area contributed by atoms with Crippen molar-refractivity contribution in [2.45, 2.75) is 25.8 Å². The number of carbonyl (C=O) groups excluding carboxylic acids is 2. The van der Waals surface area contributed by atoms with E-state index in [1.165, 1.54) is 6.08 Å². The Hall–Kier alpha value is -1.41. The second-order valence-corrected chi connectivity index (χ2v) is 2.50. The largest absolute Gasteiger partial charge is 0.460 e. The number of hydrogen-bond acceptors (Lipinski definition) is 4. The molecule has 0 radical (unpaired) electrons. The predicted molar refractivity (Wildman–Crippen MR) is 48.0 cm³/mol. The first-order valence-electron chi connectivity index (χ1n) is 4.10. The normalized spacial score (nSPS) is 11.2. The standard InChI is InChI=1S/C9H13NO3/c1-3-5-8(10-7-11)6-13-9(12)4-2/h4,8H,2-3,5-6H2,1H3. The fourth-order valence-corrected chi connectivity index (χ4v) is 0.830. The Morgan fingerprint density at radius 3 is 2.92 bits per heavy atom. The number of isocyanates is 1. The van der Waals surface area contributed by atoms with Crippen LogP contribution in [0.1, 0.15) is 19.8 Å². The monoisotopic (exact) mass is 183 g/mol. The molecule has 4 nitrogen and oxygen atoms in total. The van der Waals surface area contributed by atoms with Gasteiger partial charge in [-0.2, -0.15) is 4.99 Å². The van der Waals surface area contributed by atoms with Gasteiger partial charge in [-0.1, -0.05) is 19.9 Å². The lowest BCUT2D eigenvalue weighted by atomic mass is 10.2. The van der Waals surface area contributed by atoms with Crippen LogP contribution in [0.4, 0.5) is 0 Å². The molecule has 0 spiro atoms. The first-order valence-corrected chi connectivity index (χ1v) is 4.10. The molecule has 0 aromatic carbocycles. The maximum Gasteiger partial charge on any atom is 0.330 e. The SMILES string of the molecule is C=CC(=O)OCC(CCC)N=C=O. The van der Waals surface area contributed by atoms with Crippen molar-refractivity contribution >= 4 is 12.0 Å². The molecule has 72 valence electrons. The van der Waals surface area contributed by atoms with Crippen LogP contribution in [-0.4, -0.2) is 24.7 Å². The van der Waals surface area contributed by atoms with Gasteiger partial charge in [0.2, 0.25) is 6.08 Å². The minimum absolute atomic E-state index is 0.119. The smallest absolute Gasteiger partial charge is 0.330 e. The molecule has 0 aromatic rings. The lowest BCUT2D eigenvalue weighted by molar-refractivity contribution is -0.138. The number of ether oxygens (including phenoxy) is 1. The maximum absolute atomic E-state index is 10.6. The number of aliphatic imine (C=N–C) groups is 1. The summed E-state index contributed by atoms with van der Waals surface area (Å²) in [5, 5.41) is 0. The van der Waals surface area contributed by atoms with E-state index in [0.29, 0.717) is 6.42 Å². The Morgan fingerprint density at radius 1 is 1.77 bits per heavy atom. The molecular formula is C9H13NO3. The van der Waals surface area contributed by atoms with Crippen molar-refractivity contribution in [3.05, 3.63) is 12.7 Å². The van der Waals surface area contributed by atoms with Crippen molar-refractivity contribution in [3.63, 3.8) is 0 Å². The van der Waals surface area contributed by atoms with E-state index < -0.39 is 5.97 Å². The summed E-state index contributed by atoms with van der Waals surface area (Å²) in [5.74, 6) is -0.498. The fourth-order valence-electron chi connectivity index (χ4n) is 0.830. The first-order chi connectivity index (χ1) is 6.24. The van der Waals surface area contributed by atoms with E-state index in [1.807, 2.05) is 6.92 Å². The molecule has 0 bridgehead atoms. The van der Waals surface area contributed by atoms with Gasteiger partial charge in [0.05, 0.1) is 6.04 Å². The quantitative estimate of drug-likeness (QED) is 0.269. The van der Waals surface area contributed by atoms with E-state index in [4.69, 9.17) is 4.74 Å². The third-order valence-corrected chi connectivity index (χ3v) is 1.44. The number of carbonyl (C=O) groups is 1. The summed E-state index contributed by atoms with van der Waals surface area (Å²) in [6, 6.07) is -0.272. The lowest BCUT2D eigenvalue weighted by Gasteiger charge is -2.08. The van der Waals surface area contributed by atoms with Gasteiger partial charge in [0.1, 0.15) is 6.61 Å². The van der Waals surface area contributed by atoms with Crippen LogP contribution in [0, 0.1) is 0 Å². The summed E-state index contributed by atoms with van der Waals surface area (Å²) < 4.78 is 4.73. The van der Waals surface area contributed by atoms with Gasteiger partial charge in [-0.05, 0) is 6.42 Å². The molecule has 0 saturated heterocycles. The summed E-state index contributed by atoms with van der Waals surface area (Å²) >= 11 is 0. The van der Waals surface area contributed by atoms with E-state index in [9.17, 15) is 9.59 Å². The minimum Gasteiger partial charge on any atom is -0.460 e. The topological polar surface area (TPSA) is 55.7 Å². The van der Waals surface area contributed by atoms with Gasteiger partial charge in [-0.25, -0.2) is 9.59 Å². The van der Waals surface area contributed by atoms with E-state index in [0.717, 1.165) is 12.5 Å². The second kappa shape index (κ2) is 7.25. The van der Waals surface area contributed by atoms with Crippen LogP contribution in [0.3, 0.4) is 0 Å². The number of nitrogens with zero attached hydrogens (tertiary/aromatic N) is 1. The van der Waals surface area contributed by atoms with Crippen molar-refractivity contribution in [1.82, 2.24) is 0 Å². The zero-order valence-corrected chi connectivity index (χ0v) is 7.66. The molecule has 0 aliphatic rings. The van der Waals surface area contributed by atoms with Crippen LogP contribution in [0.2, 0.25) is 0 Å². The second-order valence-electron chi connectivity index (χ2n) is 2.50. The van der Waals surface area contributed by atoms with Crippen LogP contribution < -0.4 is 0 Å². The highest BCUT2D eigenvalue weighted by Crippen LogP contribution is 2.01. The molecule has 0 aromatic heterocycles. The minimum atomic E-state index is -0.498. The van der Waals surface area contributed by atoms with Crippen LogP contribution >= 0.6 is 0 Å². The average Bonchev–Trinajstić information content (AvgIpc) is 2.14. The lowest BCUT2D eigenvalue weighted by Crippen LogP contribution is -2.15. The number of rotatable bonds is 6. The van der Waals surface area contributed by atoms with Gasteiger partial charge in [-0.15, -0.1) is 0 Å². The molecule has 0 saturated carbocycles. The van der Waals surface area contributed by atoms with Crippen molar-refractivity contribution in [2.24, 2.45) is 4.99 Å². The zero-order chi connectivity index (χ0) is 10.1. The third kappa shape index (κ3) is 5.82. The van der Waals surface area contributed by atoms with Gasteiger partial charge in [0, 0.05) is 6.08 Å². The molecular weight excluding hydrogens is 170 g/mol. The highest BCUT2D eigenvalue weighted by atomic mass is 16.5. The number of esters is 1. The molecule has 0 rings (SSSR count). The molecule has 1 unspecified atom stereocenters. The molecule has 0 aliphatic heterocycles. The molecule has 0 amide bonds. The third-order valence-electron chi connectivity index (χ3n) is 1.44. The van der Waals surface area contributed by atoms with Gasteiger partial charge >= 0.3 is 5.97 Å².